The van der Waals surface area contributed by atoms with E-state index in [-0.39, 0.29) is 11.4 Å². The minimum atomic E-state index is -0.281. The minimum Gasteiger partial charge on any atom is -0.370 e. The Kier molecular flexibility index (Phi) is 4.44. The molecule has 0 saturated carbocycles. The first-order valence-electron chi connectivity index (χ1n) is 5.40. The molecule has 0 spiro atoms. The van der Waals surface area contributed by atoms with Gasteiger partial charge >= 0.3 is 0 Å². The maximum Gasteiger partial charge on any atom is 0.219 e. The van der Waals surface area contributed by atoms with E-state index in [1.54, 1.807) is 11.3 Å². The number of carbonyl (C=O) groups excluding carboxylic acids is 1. The van der Waals surface area contributed by atoms with Gasteiger partial charge in [-0.25, -0.2) is 4.98 Å². The summed E-state index contributed by atoms with van der Waals surface area (Å²) in [5, 5.41) is 4.46. The standard InChI is InChI=1S/C11H19N3OS/c1-4-10-13-6-8(16-10)7-14-11(2,3)5-9(12)15/h6,14H,4-5,7H2,1-3H3,(H2,12,15). The first-order chi connectivity index (χ1) is 7.43. The van der Waals surface area contributed by atoms with Crippen molar-refractivity contribution < 1.29 is 4.79 Å². The third kappa shape index (κ3) is 4.28. The van der Waals surface area contributed by atoms with Gasteiger partial charge in [-0.1, -0.05) is 6.92 Å². The highest BCUT2D eigenvalue weighted by molar-refractivity contribution is 7.11. The molecule has 4 nitrogen and oxygen atoms in total. The van der Waals surface area contributed by atoms with Gasteiger partial charge in [0.2, 0.25) is 5.91 Å². The van der Waals surface area contributed by atoms with E-state index < -0.39 is 0 Å². The molecule has 3 N–H and O–H groups in total. The fourth-order valence-corrected chi connectivity index (χ4v) is 2.22. The molecule has 90 valence electrons. The summed E-state index contributed by atoms with van der Waals surface area (Å²) in [6, 6.07) is 0. The highest BCUT2D eigenvalue weighted by atomic mass is 32.1. The fraction of sp³-hybridized carbons (Fsp3) is 0.636. The van der Waals surface area contributed by atoms with Gasteiger partial charge in [0.25, 0.3) is 0 Å². The van der Waals surface area contributed by atoms with Crippen LogP contribution in [-0.4, -0.2) is 16.4 Å². The molecule has 1 rings (SSSR count). The summed E-state index contributed by atoms with van der Waals surface area (Å²) in [6.45, 7) is 6.77. The number of hydrogen-bond acceptors (Lipinski definition) is 4. The number of rotatable bonds is 6. The Bertz CT molecular complexity index is 360. The third-order valence-corrected chi connectivity index (χ3v) is 3.40. The Morgan fingerprint density at radius 2 is 2.31 bits per heavy atom. The van der Waals surface area contributed by atoms with E-state index in [1.165, 1.54) is 4.88 Å². The van der Waals surface area contributed by atoms with Crippen LogP contribution in [0.5, 0.6) is 0 Å². The van der Waals surface area contributed by atoms with Crippen molar-refractivity contribution in [3.05, 3.63) is 16.1 Å². The van der Waals surface area contributed by atoms with E-state index in [0.717, 1.165) is 18.0 Å². The molecule has 0 aromatic carbocycles. The molecule has 0 bridgehead atoms. The highest BCUT2D eigenvalue weighted by Crippen LogP contribution is 2.15. The fourth-order valence-electron chi connectivity index (χ4n) is 1.42. The summed E-state index contributed by atoms with van der Waals surface area (Å²) in [6.07, 6.45) is 3.19. The van der Waals surface area contributed by atoms with Crippen LogP contribution in [0.25, 0.3) is 0 Å². The molecular formula is C11H19N3OS. The Labute approximate surface area is 100 Å². The van der Waals surface area contributed by atoms with Gasteiger partial charge in [-0.15, -0.1) is 11.3 Å². The molecular weight excluding hydrogens is 222 g/mol. The molecule has 5 heteroatoms. The van der Waals surface area contributed by atoms with Crippen molar-refractivity contribution in [2.45, 2.75) is 45.7 Å². The maximum atomic E-state index is 10.8. The van der Waals surface area contributed by atoms with Crippen LogP contribution >= 0.6 is 11.3 Å². The monoisotopic (exact) mass is 241 g/mol. The zero-order chi connectivity index (χ0) is 12.2. The Balaban J connectivity index is 2.47. The number of amides is 1. The smallest absolute Gasteiger partial charge is 0.219 e. The van der Waals surface area contributed by atoms with Gasteiger partial charge in [-0.3, -0.25) is 4.79 Å². The first kappa shape index (κ1) is 13.1. The predicted molar refractivity (Wildman–Crippen MR) is 66.2 cm³/mol. The molecule has 1 heterocycles. The number of nitrogens with one attached hydrogen (secondary N) is 1. The van der Waals surface area contributed by atoms with Gasteiger partial charge < -0.3 is 11.1 Å². The van der Waals surface area contributed by atoms with Gasteiger partial charge in [0, 0.05) is 29.6 Å². The van der Waals surface area contributed by atoms with Crippen LogP contribution in [0.3, 0.4) is 0 Å². The molecule has 0 aliphatic rings. The number of nitrogens with zero attached hydrogens (tertiary/aromatic N) is 1. The molecule has 1 amide bonds. The molecule has 16 heavy (non-hydrogen) atoms. The van der Waals surface area contributed by atoms with E-state index in [1.807, 2.05) is 20.0 Å². The molecule has 0 atom stereocenters. The van der Waals surface area contributed by atoms with Crippen LogP contribution in [0.2, 0.25) is 0 Å². The third-order valence-electron chi connectivity index (χ3n) is 2.26. The number of aromatic nitrogens is 1. The van der Waals surface area contributed by atoms with Gasteiger partial charge in [-0.2, -0.15) is 0 Å². The summed E-state index contributed by atoms with van der Waals surface area (Å²) in [5.74, 6) is -0.281. The molecule has 0 fully saturated rings. The normalized spacial score (nSPS) is 11.7. The van der Waals surface area contributed by atoms with Crippen LogP contribution in [0.4, 0.5) is 0 Å². The van der Waals surface area contributed by atoms with Crippen molar-refractivity contribution >= 4 is 17.2 Å². The van der Waals surface area contributed by atoms with Crippen LogP contribution in [0.15, 0.2) is 6.20 Å². The summed E-state index contributed by atoms with van der Waals surface area (Å²) in [7, 11) is 0. The van der Waals surface area contributed by atoms with Crippen molar-refractivity contribution in [1.82, 2.24) is 10.3 Å². The van der Waals surface area contributed by atoms with Crippen molar-refractivity contribution in [1.29, 1.82) is 0 Å². The highest BCUT2D eigenvalue weighted by Gasteiger charge is 2.19. The second-order valence-corrected chi connectivity index (χ2v) is 5.65. The molecule has 1 aromatic rings. The lowest BCUT2D eigenvalue weighted by molar-refractivity contribution is -0.119. The zero-order valence-electron chi connectivity index (χ0n) is 10.0. The van der Waals surface area contributed by atoms with Crippen molar-refractivity contribution in [3.8, 4) is 0 Å². The first-order valence-corrected chi connectivity index (χ1v) is 6.21. The topological polar surface area (TPSA) is 68.0 Å². The number of nitrogens with two attached hydrogens (primary N) is 1. The van der Waals surface area contributed by atoms with Gasteiger partial charge in [0.05, 0.1) is 5.01 Å². The summed E-state index contributed by atoms with van der Waals surface area (Å²) >= 11 is 1.70. The van der Waals surface area contributed by atoms with E-state index in [0.29, 0.717) is 6.42 Å². The lowest BCUT2D eigenvalue weighted by Gasteiger charge is -2.24. The second-order valence-electron chi connectivity index (χ2n) is 4.45. The van der Waals surface area contributed by atoms with E-state index in [4.69, 9.17) is 5.73 Å². The lowest BCUT2D eigenvalue weighted by atomic mass is 10.0. The lowest BCUT2D eigenvalue weighted by Crippen LogP contribution is -2.42. The summed E-state index contributed by atoms with van der Waals surface area (Å²) < 4.78 is 0. The van der Waals surface area contributed by atoms with Gasteiger partial charge in [0.1, 0.15) is 0 Å². The molecule has 0 radical (unpaired) electrons. The van der Waals surface area contributed by atoms with Crippen LogP contribution in [-0.2, 0) is 17.8 Å². The van der Waals surface area contributed by atoms with E-state index >= 15 is 0 Å². The molecule has 0 aliphatic carbocycles. The number of carbonyl (C=O) groups is 1. The van der Waals surface area contributed by atoms with Crippen LogP contribution < -0.4 is 11.1 Å². The Morgan fingerprint density at radius 3 is 2.81 bits per heavy atom. The SMILES string of the molecule is CCc1ncc(CNC(C)(C)CC(N)=O)s1. The van der Waals surface area contributed by atoms with Crippen molar-refractivity contribution in [2.75, 3.05) is 0 Å². The Hall–Kier alpha value is -0.940. The van der Waals surface area contributed by atoms with Gasteiger partial charge in [0.15, 0.2) is 0 Å². The molecule has 0 saturated heterocycles. The minimum absolute atomic E-state index is 0.262. The Morgan fingerprint density at radius 1 is 1.62 bits per heavy atom. The van der Waals surface area contributed by atoms with Crippen molar-refractivity contribution in [2.24, 2.45) is 5.73 Å². The molecule has 0 unspecified atom stereocenters. The number of primary amides is 1. The summed E-state index contributed by atoms with van der Waals surface area (Å²) in [4.78, 5) is 16.3. The van der Waals surface area contributed by atoms with Crippen LogP contribution in [0.1, 0.15) is 37.1 Å². The van der Waals surface area contributed by atoms with E-state index in [9.17, 15) is 4.79 Å². The molecule has 0 aliphatic heterocycles. The van der Waals surface area contributed by atoms with Crippen LogP contribution in [0, 0.1) is 0 Å². The molecule has 1 aromatic heterocycles. The average molecular weight is 241 g/mol. The number of thiazole rings is 1. The maximum absolute atomic E-state index is 10.8. The number of hydrogen-bond donors (Lipinski definition) is 2. The summed E-state index contributed by atoms with van der Waals surface area (Å²) in [5.41, 5.74) is 4.92. The van der Waals surface area contributed by atoms with Gasteiger partial charge in [-0.05, 0) is 20.3 Å². The number of aryl methyl sites for hydroxylation is 1. The average Bonchev–Trinajstić information content (AvgIpc) is 2.60. The second kappa shape index (κ2) is 5.41. The zero-order valence-corrected chi connectivity index (χ0v) is 10.9. The quantitative estimate of drug-likeness (QED) is 0.792. The predicted octanol–water partition coefficient (Wildman–Crippen LogP) is 1.45. The largest absolute Gasteiger partial charge is 0.370 e. The van der Waals surface area contributed by atoms with Crippen molar-refractivity contribution in [3.63, 3.8) is 0 Å². The van der Waals surface area contributed by atoms with E-state index in [2.05, 4.69) is 17.2 Å².